The van der Waals surface area contributed by atoms with E-state index in [1.54, 1.807) is 6.08 Å². The van der Waals surface area contributed by atoms with Gasteiger partial charge in [-0.3, -0.25) is 24.1 Å². The van der Waals surface area contributed by atoms with Crippen molar-refractivity contribution in [3.63, 3.8) is 0 Å². The fourth-order valence-electron chi connectivity index (χ4n) is 5.86. The minimum Gasteiger partial charge on any atom is -0.508 e. The second-order valence-corrected chi connectivity index (χ2v) is 9.23. The zero-order valence-corrected chi connectivity index (χ0v) is 18.7. The fraction of sp³-hybridized carbons (Fsp3) is 0.360. The lowest BCUT2D eigenvalue weighted by Crippen LogP contribution is -2.39. The van der Waals surface area contributed by atoms with Gasteiger partial charge < -0.3 is 9.84 Å². The van der Waals surface area contributed by atoms with Crippen LogP contribution in [0, 0.1) is 17.8 Å². The van der Waals surface area contributed by atoms with Crippen molar-refractivity contribution in [3.8, 4) is 11.5 Å². The molecule has 0 radical (unpaired) electrons. The van der Waals surface area contributed by atoms with E-state index in [0.29, 0.717) is 5.57 Å². The lowest BCUT2D eigenvalue weighted by molar-refractivity contribution is -0.274. The lowest BCUT2D eigenvalue weighted by atomic mass is 9.59. The molecular weight excluding hydrogens is 467 g/mol. The molecule has 1 aromatic carbocycles. The molecule has 5 rings (SSSR count). The quantitative estimate of drug-likeness (QED) is 0.390. The molecule has 3 aliphatic carbocycles. The van der Waals surface area contributed by atoms with Crippen LogP contribution in [0.25, 0.3) is 0 Å². The van der Waals surface area contributed by atoms with Crippen molar-refractivity contribution >= 4 is 23.4 Å². The molecule has 1 aromatic rings. The van der Waals surface area contributed by atoms with Crippen LogP contribution < -0.4 is 4.74 Å². The Morgan fingerprint density at radius 2 is 1.80 bits per heavy atom. The smallest absolute Gasteiger partial charge is 0.508 e. The third-order valence-corrected chi connectivity index (χ3v) is 7.33. The van der Waals surface area contributed by atoms with Crippen LogP contribution in [0.3, 0.4) is 0 Å². The summed E-state index contributed by atoms with van der Waals surface area (Å²) in [6.45, 7) is 1.49. The Bertz CT molecular complexity index is 1300. The highest BCUT2D eigenvalue weighted by atomic mass is 19.4. The maximum atomic E-state index is 13.1. The van der Waals surface area contributed by atoms with Crippen LogP contribution in [-0.4, -0.2) is 46.8 Å². The van der Waals surface area contributed by atoms with Crippen LogP contribution in [0.2, 0.25) is 0 Å². The number of phenols is 1. The predicted octanol–water partition coefficient (Wildman–Crippen LogP) is 3.35. The van der Waals surface area contributed by atoms with Crippen LogP contribution in [0.5, 0.6) is 11.5 Å². The summed E-state index contributed by atoms with van der Waals surface area (Å²) in [5, 5.41) is 10.7. The third-order valence-electron chi connectivity index (χ3n) is 7.33. The minimum absolute atomic E-state index is 0.0426. The van der Waals surface area contributed by atoms with Crippen LogP contribution in [-0.2, 0) is 19.2 Å². The highest BCUT2D eigenvalue weighted by molar-refractivity contribution is 6.23. The summed E-state index contributed by atoms with van der Waals surface area (Å²) in [4.78, 5) is 52.9. The molecule has 1 fully saturated rings. The van der Waals surface area contributed by atoms with Gasteiger partial charge in [-0.1, -0.05) is 11.6 Å². The number of hydrogen-bond donors (Lipinski definition) is 1. The number of fused-ring (bicyclic) bond motifs is 3. The predicted molar refractivity (Wildman–Crippen MR) is 114 cm³/mol. The van der Waals surface area contributed by atoms with Gasteiger partial charge in [-0.2, -0.15) is 0 Å². The van der Waals surface area contributed by atoms with Gasteiger partial charge in [0.2, 0.25) is 11.8 Å². The van der Waals surface area contributed by atoms with E-state index in [0.717, 1.165) is 23.1 Å². The minimum atomic E-state index is -4.98. The molecule has 0 saturated carbocycles. The maximum absolute atomic E-state index is 13.1. The van der Waals surface area contributed by atoms with Gasteiger partial charge in [-0.25, -0.2) is 0 Å². The number of hydrogen-bond acceptors (Lipinski definition) is 6. The fourth-order valence-corrected chi connectivity index (χ4v) is 5.86. The molecule has 1 saturated heterocycles. The summed E-state index contributed by atoms with van der Waals surface area (Å²) in [7, 11) is 1.39. The summed E-state index contributed by atoms with van der Waals surface area (Å²) in [6.07, 6.45) is -1.86. The summed E-state index contributed by atoms with van der Waals surface area (Å²) in [5.41, 5.74) is 0.893. The Balaban J connectivity index is 1.71. The Kier molecular flexibility index (Phi) is 5.05. The number of ketones is 2. The molecule has 4 unspecified atom stereocenters. The SMILES string of the molecule is CC1=CC(=O)C2=C(CC3C(=CCC4C(=O)N(C)C(=O)C43)C2c2cc(OC(F)(F)F)ccc2O)C1=O. The topological polar surface area (TPSA) is 101 Å². The number of allylic oxidation sites excluding steroid dienone is 6. The molecule has 1 aliphatic heterocycles. The Morgan fingerprint density at radius 3 is 2.49 bits per heavy atom. The van der Waals surface area contributed by atoms with Crippen LogP contribution >= 0.6 is 0 Å². The van der Waals surface area contributed by atoms with E-state index in [4.69, 9.17) is 0 Å². The summed E-state index contributed by atoms with van der Waals surface area (Å²) >= 11 is 0. The summed E-state index contributed by atoms with van der Waals surface area (Å²) < 4.78 is 42.7. The number of amides is 2. The molecule has 0 bridgehead atoms. The van der Waals surface area contributed by atoms with Crippen molar-refractivity contribution in [2.24, 2.45) is 17.8 Å². The first kappa shape index (κ1) is 23.1. The number of carbonyl (C=O) groups is 4. The molecule has 0 spiro atoms. The molecule has 35 heavy (non-hydrogen) atoms. The zero-order valence-electron chi connectivity index (χ0n) is 18.7. The molecule has 0 aromatic heterocycles. The molecule has 2 amide bonds. The van der Waals surface area contributed by atoms with Gasteiger partial charge in [-0.15, -0.1) is 13.2 Å². The van der Waals surface area contributed by atoms with Gasteiger partial charge >= 0.3 is 6.36 Å². The highest BCUT2D eigenvalue weighted by Gasteiger charge is 2.55. The molecule has 182 valence electrons. The van der Waals surface area contributed by atoms with Gasteiger partial charge in [0.25, 0.3) is 0 Å². The standard InChI is InChI=1S/C25H20F3NO6/c1-10-7-18(31)21-16(22(10)32)9-14-12(4-5-13-20(14)24(34)29(2)23(13)33)19(21)15-8-11(3-6-17(15)30)35-25(26,27)28/h3-4,6-8,13-14,19-20,30H,5,9H2,1-2H3. The molecular formula is C25H20F3NO6. The largest absolute Gasteiger partial charge is 0.573 e. The monoisotopic (exact) mass is 487 g/mol. The average Bonchev–Trinajstić information content (AvgIpc) is 3.00. The van der Waals surface area contributed by atoms with E-state index < -0.39 is 59.0 Å². The molecule has 1 N–H and O–H groups in total. The second kappa shape index (κ2) is 7.66. The van der Waals surface area contributed by atoms with Crippen molar-refractivity contribution in [1.29, 1.82) is 0 Å². The lowest BCUT2D eigenvalue weighted by Gasteiger charge is -2.42. The van der Waals surface area contributed by atoms with Crippen molar-refractivity contribution in [2.45, 2.75) is 32.0 Å². The first-order valence-electron chi connectivity index (χ1n) is 11.0. The van der Waals surface area contributed by atoms with Gasteiger partial charge in [0, 0.05) is 35.2 Å². The summed E-state index contributed by atoms with van der Waals surface area (Å²) in [6, 6.07) is 2.96. The normalized spacial score (nSPS) is 28.4. The van der Waals surface area contributed by atoms with Crippen molar-refractivity contribution < 1.29 is 42.2 Å². The van der Waals surface area contributed by atoms with Crippen molar-refractivity contribution in [2.75, 3.05) is 7.05 Å². The van der Waals surface area contributed by atoms with E-state index >= 15 is 0 Å². The number of Topliss-reactive ketones (excluding diaryl/α,β-unsaturated/α-hetero) is 1. The number of halogens is 3. The van der Waals surface area contributed by atoms with Gasteiger partial charge in [0.15, 0.2) is 11.6 Å². The third kappa shape index (κ3) is 3.50. The van der Waals surface area contributed by atoms with Crippen molar-refractivity contribution in [3.05, 3.63) is 58.2 Å². The van der Waals surface area contributed by atoms with E-state index in [1.165, 1.54) is 20.0 Å². The highest BCUT2D eigenvalue weighted by Crippen LogP contribution is 2.56. The van der Waals surface area contributed by atoms with Gasteiger partial charge in [0.1, 0.15) is 11.5 Å². The molecule has 7 nitrogen and oxygen atoms in total. The number of carbonyl (C=O) groups excluding carboxylic acids is 4. The van der Waals surface area contributed by atoms with E-state index in [1.807, 2.05) is 0 Å². The van der Waals surface area contributed by atoms with Crippen molar-refractivity contribution in [1.82, 2.24) is 4.90 Å². The molecule has 4 atom stereocenters. The Labute approximate surface area is 197 Å². The Morgan fingerprint density at radius 1 is 1.09 bits per heavy atom. The molecule has 4 aliphatic rings. The second-order valence-electron chi connectivity index (χ2n) is 9.23. The number of phenolic OH excluding ortho intramolecular Hbond substituents is 1. The van der Waals surface area contributed by atoms with Crippen LogP contribution in [0.1, 0.15) is 31.2 Å². The van der Waals surface area contributed by atoms with E-state index in [-0.39, 0.29) is 41.0 Å². The maximum Gasteiger partial charge on any atom is 0.573 e. The first-order chi connectivity index (χ1) is 16.4. The van der Waals surface area contributed by atoms with Crippen LogP contribution in [0.4, 0.5) is 13.2 Å². The Hall–Kier alpha value is -3.69. The van der Waals surface area contributed by atoms with E-state index in [2.05, 4.69) is 4.74 Å². The number of nitrogens with zero attached hydrogens (tertiary/aromatic N) is 1. The number of likely N-dealkylation sites (tertiary alicyclic amines) is 1. The number of benzene rings is 1. The number of ether oxygens (including phenoxy) is 1. The molecule has 10 heteroatoms. The first-order valence-corrected chi connectivity index (χ1v) is 11.0. The van der Waals surface area contributed by atoms with E-state index in [9.17, 15) is 37.5 Å². The number of rotatable bonds is 2. The summed E-state index contributed by atoms with van der Waals surface area (Å²) in [5.74, 6) is -5.72. The number of aromatic hydroxyl groups is 1. The zero-order chi connectivity index (χ0) is 25.4. The van der Waals surface area contributed by atoms with Gasteiger partial charge in [-0.05, 0) is 50.0 Å². The molecule has 1 heterocycles. The number of alkyl halides is 3. The average molecular weight is 487 g/mol. The number of imide groups is 1. The van der Waals surface area contributed by atoms with Gasteiger partial charge in [0.05, 0.1) is 11.8 Å². The van der Waals surface area contributed by atoms with Crippen LogP contribution in [0.15, 0.2) is 52.6 Å².